The van der Waals surface area contributed by atoms with Gasteiger partial charge in [-0.1, -0.05) is 17.7 Å². The third-order valence-corrected chi connectivity index (χ3v) is 5.81. The van der Waals surface area contributed by atoms with E-state index in [1.54, 1.807) is 30.6 Å². The van der Waals surface area contributed by atoms with E-state index in [9.17, 15) is 18.7 Å². The summed E-state index contributed by atoms with van der Waals surface area (Å²) in [6.45, 7) is 1.17. The zero-order chi connectivity index (χ0) is 24.1. The molecule has 0 saturated heterocycles. The van der Waals surface area contributed by atoms with E-state index in [1.807, 2.05) is 18.2 Å². The van der Waals surface area contributed by atoms with E-state index in [0.29, 0.717) is 35.4 Å². The summed E-state index contributed by atoms with van der Waals surface area (Å²) in [5, 5.41) is 12.9. The van der Waals surface area contributed by atoms with Gasteiger partial charge in [-0.2, -0.15) is 0 Å². The van der Waals surface area contributed by atoms with Crippen molar-refractivity contribution >= 4 is 34.3 Å². The topological polar surface area (TPSA) is 87.2 Å². The Bertz CT molecular complexity index is 1300. The van der Waals surface area contributed by atoms with Crippen molar-refractivity contribution in [3.8, 4) is 5.75 Å². The first-order valence-electron chi connectivity index (χ1n) is 10.7. The van der Waals surface area contributed by atoms with Crippen molar-refractivity contribution in [1.82, 2.24) is 9.97 Å². The van der Waals surface area contributed by atoms with E-state index >= 15 is 0 Å². The lowest BCUT2D eigenvalue weighted by Crippen LogP contribution is -2.11. The Morgan fingerprint density at radius 1 is 1.18 bits per heavy atom. The summed E-state index contributed by atoms with van der Waals surface area (Å²) in [5.74, 6) is -2.26. The summed E-state index contributed by atoms with van der Waals surface area (Å²) in [7, 11) is 0. The number of ether oxygens (including phenoxy) is 1. The summed E-state index contributed by atoms with van der Waals surface area (Å²) in [6, 6.07) is 12.8. The van der Waals surface area contributed by atoms with Gasteiger partial charge in [0.25, 0.3) is 0 Å². The highest BCUT2D eigenvalue weighted by molar-refractivity contribution is 6.31. The molecule has 0 fully saturated rings. The van der Waals surface area contributed by atoms with Crippen molar-refractivity contribution in [2.75, 3.05) is 18.5 Å². The van der Waals surface area contributed by atoms with Gasteiger partial charge >= 0.3 is 5.97 Å². The molecule has 0 aliphatic rings. The maximum Gasteiger partial charge on any atom is 0.304 e. The second kappa shape index (κ2) is 10.5. The molecule has 0 bridgehead atoms. The zero-order valence-electron chi connectivity index (χ0n) is 18.0. The molecule has 0 saturated carbocycles. The van der Waals surface area contributed by atoms with Crippen LogP contribution in [0.2, 0.25) is 5.02 Å². The van der Waals surface area contributed by atoms with Crippen LogP contribution in [0.25, 0.3) is 10.9 Å². The van der Waals surface area contributed by atoms with Crippen molar-refractivity contribution in [2.45, 2.75) is 18.8 Å². The summed E-state index contributed by atoms with van der Waals surface area (Å²) in [6.07, 6.45) is 3.62. The molecule has 6 nitrogen and oxygen atoms in total. The van der Waals surface area contributed by atoms with Crippen LogP contribution in [0.1, 0.15) is 29.9 Å². The SMILES string of the molecule is O=C(O)CC(c1c(F)ccc(F)c1Cl)c1c[nH]c2cc(OCCCNc3ccccn3)ccc12. The molecule has 2 aromatic heterocycles. The molecular weight excluding hydrogens is 464 g/mol. The van der Waals surface area contributed by atoms with Gasteiger partial charge in [0, 0.05) is 47.4 Å². The predicted octanol–water partition coefficient (Wildman–Crippen LogP) is 5.98. The number of carboxylic acid groups (broad SMARTS) is 1. The Kier molecular flexibility index (Phi) is 7.27. The Labute approximate surface area is 199 Å². The molecule has 0 aliphatic heterocycles. The third kappa shape index (κ3) is 5.28. The zero-order valence-corrected chi connectivity index (χ0v) is 18.8. The normalized spacial score (nSPS) is 12.0. The molecule has 1 atom stereocenters. The second-order valence-corrected chi connectivity index (χ2v) is 8.08. The minimum atomic E-state index is -1.15. The fraction of sp³-hybridized carbons (Fsp3) is 0.200. The quantitative estimate of drug-likeness (QED) is 0.190. The molecule has 1 unspecified atom stereocenters. The number of hydrogen-bond acceptors (Lipinski definition) is 4. The third-order valence-electron chi connectivity index (χ3n) is 5.43. The van der Waals surface area contributed by atoms with Crippen LogP contribution in [-0.2, 0) is 4.79 Å². The number of aliphatic carboxylic acids is 1. The highest BCUT2D eigenvalue weighted by atomic mass is 35.5. The van der Waals surface area contributed by atoms with E-state index in [-0.39, 0.29) is 5.56 Å². The number of hydrogen-bond donors (Lipinski definition) is 3. The average Bonchev–Trinajstić information content (AvgIpc) is 3.24. The maximum atomic E-state index is 14.6. The molecule has 0 aliphatic carbocycles. The minimum Gasteiger partial charge on any atom is -0.493 e. The number of carbonyl (C=O) groups is 1. The number of aromatic amines is 1. The van der Waals surface area contributed by atoms with Gasteiger partial charge in [0.05, 0.1) is 18.1 Å². The number of benzene rings is 2. The molecule has 2 aromatic carbocycles. The van der Waals surface area contributed by atoms with Gasteiger partial charge in [-0.3, -0.25) is 4.79 Å². The monoisotopic (exact) mass is 485 g/mol. The van der Waals surface area contributed by atoms with Crippen molar-refractivity contribution < 1.29 is 23.4 Å². The Morgan fingerprint density at radius 2 is 2.00 bits per heavy atom. The Morgan fingerprint density at radius 3 is 2.76 bits per heavy atom. The molecule has 2 heterocycles. The summed E-state index contributed by atoms with van der Waals surface area (Å²) in [5.41, 5.74) is 1.02. The van der Waals surface area contributed by atoms with E-state index in [1.165, 1.54) is 0 Å². The number of pyridine rings is 1. The predicted molar refractivity (Wildman–Crippen MR) is 127 cm³/mol. The summed E-state index contributed by atoms with van der Waals surface area (Å²) >= 11 is 6.04. The van der Waals surface area contributed by atoms with Crippen LogP contribution < -0.4 is 10.1 Å². The smallest absolute Gasteiger partial charge is 0.304 e. The van der Waals surface area contributed by atoms with E-state index in [0.717, 1.165) is 24.4 Å². The van der Waals surface area contributed by atoms with E-state index in [2.05, 4.69) is 15.3 Å². The Balaban J connectivity index is 1.50. The van der Waals surface area contributed by atoms with Crippen molar-refractivity contribution in [2.24, 2.45) is 0 Å². The number of carboxylic acids is 1. The van der Waals surface area contributed by atoms with Gasteiger partial charge < -0.3 is 20.1 Å². The van der Waals surface area contributed by atoms with Crippen LogP contribution in [0, 0.1) is 11.6 Å². The molecule has 0 radical (unpaired) electrons. The molecule has 0 spiro atoms. The van der Waals surface area contributed by atoms with E-state index < -0.39 is 35.0 Å². The van der Waals surface area contributed by atoms with Gasteiger partial charge in [0.1, 0.15) is 23.2 Å². The number of rotatable bonds is 10. The molecule has 176 valence electrons. The number of nitrogens with zero attached hydrogens (tertiary/aromatic N) is 1. The number of halogens is 3. The van der Waals surface area contributed by atoms with Crippen LogP contribution in [0.4, 0.5) is 14.6 Å². The largest absolute Gasteiger partial charge is 0.493 e. The maximum absolute atomic E-state index is 14.6. The number of H-pyrrole nitrogens is 1. The van der Waals surface area contributed by atoms with Crippen LogP contribution in [0.5, 0.6) is 5.75 Å². The number of aromatic nitrogens is 2. The van der Waals surface area contributed by atoms with Crippen LogP contribution in [-0.4, -0.2) is 34.2 Å². The molecule has 4 rings (SSSR count). The standard InChI is InChI=1S/C25H22ClF2N3O3/c26-25-20(28)8-7-19(27)24(25)17(13-23(32)33)18-14-31-21-12-15(5-6-16(18)21)34-11-3-10-30-22-4-1-2-9-29-22/h1-2,4-9,12,14,17,31H,3,10-11,13H2,(H,29,30)(H,32,33). The number of nitrogens with one attached hydrogen (secondary N) is 2. The molecular formula is C25H22ClF2N3O3. The fourth-order valence-corrected chi connectivity index (χ4v) is 4.14. The van der Waals surface area contributed by atoms with Crippen molar-refractivity contribution in [1.29, 1.82) is 0 Å². The second-order valence-electron chi connectivity index (χ2n) is 7.70. The average molecular weight is 486 g/mol. The van der Waals surface area contributed by atoms with Crippen molar-refractivity contribution in [3.63, 3.8) is 0 Å². The Hall–Kier alpha value is -3.65. The molecule has 9 heteroatoms. The summed E-state index contributed by atoms with van der Waals surface area (Å²) < 4.78 is 34.5. The number of fused-ring (bicyclic) bond motifs is 1. The van der Waals surface area contributed by atoms with Gasteiger partial charge in [-0.25, -0.2) is 13.8 Å². The highest BCUT2D eigenvalue weighted by Crippen LogP contribution is 2.39. The number of anilines is 1. The van der Waals surface area contributed by atoms with Gasteiger partial charge in [0.2, 0.25) is 0 Å². The van der Waals surface area contributed by atoms with Crippen LogP contribution >= 0.6 is 11.6 Å². The first kappa shape index (κ1) is 23.5. The van der Waals surface area contributed by atoms with Gasteiger partial charge in [0.15, 0.2) is 0 Å². The lowest BCUT2D eigenvalue weighted by Gasteiger charge is -2.18. The van der Waals surface area contributed by atoms with Gasteiger partial charge in [-0.05, 0) is 48.4 Å². The van der Waals surface area contributed by atoms with E-state index in [4.69, 9.17) is 16.3 Å². The van der Waals surface area contributed by atoms with Gasteiger partial charge in [-0.15, -0.1) is 0 Å². The molecule has 4 aromatic rings. The van der Waals surface area contributed by atoms with Crippen molar-refractivity contribution in [3.05, 3.63) is 88.7 Å². The fourth-order valence-electron chi connectivity index (χ4n) is 3.86. The van der Waals surface area contributed by atoms with Crippen LogP contribution in [0.15, 0.2) is 60.9 Å². The molecule has 3 N–H and O–H groups in total. The lowest BCUT2D eigenvalue weighted by molar-refractivity contribution is -0.137. The summed E-state index contributed by atoms with van der Waals surface area (Å²) in [4.78, 5) is 18.8. The first-order valence-corrected chi connectivity index (χ1v) is 11.1. The highest BCUT2D eigenvalue weighted by Gasteiger charge is 2.27. The molecule has 0 amide bonds. The van der Waals surface area contributed by atoms with Crippen LogP contribution in [0.3, 0.4) is 0 Å². The first-order chi connectivity index (χ1) is 16.4. The lowest BCUT2D eigenvalue weighted by atomic mass is 9.87. The minimum absolute atomic E-state index is 0.175. The molecule has 34 heavy (non-hydrogen) atoms.